The van der Waals surface area contributed by atoms with Gasteiger partial charge in [-0.2, -0.15) is 11.3 Å². The Bertz CT molecular complexity index is 608. The Morgan fingerprint density at radius 3 is 2.85 bits per heavy atom. The van der Waals surface area contributed by atoms with Crippen molar-refractivity contribution in [2.24, 2.45) is 0 Å². The van der Waals surface area contributed by atoms with E-state index in [4.69, 9.17) is 0 Å². The maximum absolute atomic E-state index is 13.2. The van der Waals surface area contributed by atoms with Crippen LogP contribution in [0.5, 0.6) is 0 Å². The fourth-order valence-corrected chi connectivity index (χ4v) is 2.64. The van der Waals surface area contributed by atoms with E-state index in [0.717, 1.165) is 5.56 Å². The van der Waals surface area contributed by atoms with E-state index in [0.29, 0.717) is 5.56 Å². The highest BCUT2D eigenvalue weighted by Crippen LogP contribution is 2.22. The maximum Gasteiger partial charge on any atom is 0.251 e. The summed E-state index contributed by atoms with van der Waals surface area (Å²) in [4.78, 5) is 12.0. The number of carbonyl (C=O) groups excluding carboxylic acids is 1. The maximum atomic E-state index is 13.2. The number of aryl methyl sites for hydroxylation is 1. The first kappa shape index (κ1) is 14.7. The molecule has 0 aliphatic carbocycles. The summed E-state index contributed by atoms with van der Waals surface area (Å²) >= 11 is 1.48. The molecule has 0 saturated carbocycles. The SMILES string of the molecule is Cc1ccc(F)cc1C(=O)NCC(C)(O)c1ccsc1. The third kappa shape index (κ3) is 3.23. The van der Waals surface area contributed by atoms with Gasteiger partial charge in [-0.05, 0) is 53.9 Å². The number of aliphatic hydroxyl groups is 1. The summed E-state index contributed by atoms with van der Waals surface area (Å²) in [6.45, 7) is 3.44. The largest absolute Gasteiger partial charge is 0.384 e. The van der Waals surface area contributed by atoms with Crippen LogP contribution in [0, 0.1) is 12.7 Å². The molecule has 0 aliphatic rings. The summed E-state index contributed by atoms with van der Waals surface area (Å²) in [7, 11) is 0. The molecule has 0 saturated heterocycles. The van der Waals surface area contributed by atoms with E-state index >= 15 is 0 Å². The molecular formula is C15H16FNO2S. The van der Waals surface area contributed by atoms with E-state index in [1.807, 2.05) is 16.8 Å². The number of thiophene rings is 1. The predicted octanol–water partition coefficient (Wildman–Crippen LogP) is 2.83. The van der Waals surface area contributed by atoms with Crippen molar-refractivity contribution in [3.05, 3.63) is 57.5 Å². The Kier molecular flexibility index (Phi) is 4.20. The van der Waals surface area contributed by atoms with Crippen molar-refractivity contribution in [1.29, 1.82) is 0 Å². The zero-order valence-electron chi connectivity index (χ0n) is 11.3. The fraction of sp³-hybridized carbons (Fsp3) is 0.267. The summed E-state index contributed by atoms with van der Waals surface area (Å²) in [5.41, 5.74) is 0.584. The summed E-state index contributed by atoms with van der Waals surface area (Å²) in [5.74, 6) is -0.845. The van der Waals surface area contributed by atoms with Gasteiger partial charge >= 0.3 is 0 Å². The number of rotatable bonds is 4. The number of amides is 1. The smallest absolute Gasteiger partial charge is 0.251 e. The monoisotopic (exact) mass is 293 g/mol. The molecule has 0 radical (unpaired) electrons. The van der Waals surface area contributed by atoms with Gasteiger partial charge < -0.3 is 10.4 Å². The van der Waals surface area contributed by atoms with Gasteiger partial charge in [-0.3, -0.25) is 4.79 Å². The van der Waals surface area contributed by atoms with Crippen LogP contribution >= 0.6 is 11.3 Å². The molecule has 0 spiro atoms. The van der Waals surface area contributed by atoms with Gasteiger partial charge in [0.05, 0.1) is 6.54 Å². The van der Waals surface area contributed by atoms with Crippen LogP contribution in [0.15, 0.2) is 35.0 Å². The number of benzene rings is 1. The molecule has 1 amide bonds. The summed E-state index contributed by atoms with van der Waals surface area (Å²) in [6, 6.07) is 5.88. The molecule has 1 unspecified atom stereocenters. The number of nitrogens with one attached hydrogen (secondary N) is 1. The topological polar surface area (TPSA) is 49.3 Å². The summed E-state index contributed by atoms with van der Waals surface area (Å²) in [6.07, 6.45) is 0. The Hall–Kier alpha value is -1.72. The zero-order chi connectivity index (χ0) is 14.8. The van der Waals surface area contributed by atoms with Crippen LogP contribution in [0.3, 0.4) is 0 Å². The second kappa shape index (κ2) is 5.73. The molecule has 2 aromatic rings. The highest BCUT2D eigenvalue weighted by atomic mass is 32.1. The van der Waals surface area contributed by atoms with Gasteiger partial charge in [-0.15, -0.1) is 0 Å². The van der Waals surface area contributed by atoms with Gasteiger partial charge in [-0.1, -0.05) is 6.07 Å². The van der Waals surface area contributed by atoms with E-state index in [1.165, 1.54) is 23.5 Å². The van der Waals surface area contributed by atoms with Gasteiger partial charge in [0.1, 0.15) is 11.4 Å². The lowest BCUT2D eigenvalue weighted by atomic mass is 9.99. The van der Waals surface area contributed by atoms with Crippen LogP contribution in [0.4, 0.5) is 4.39 Å². The lowest BCUT2D eigenvalue weighted by Crippen LogP contribution is -2.38. The van der Waals surface area contributed by atoms with Crippen LogP contribution in [0.2, 0.25) is 0 Å². The second-order valence-corrected chi connectivity index (χ2v) is 5.71. The minimum atomic E-state index is -1.14. The van der Waals surface area contributed by atoms with Gasteiger partial charge in [0.2, 0.25) is 0 Å². The molecule has 2 rings (SSSR count). The first-order valence-corrected chi connectivity index (χ1v) is 7.14. The van der Waals surface area contributed by atoms with E-state index in [2.05, 4.69) is 5.32 Å². The molecule has 0 aliphatic heterocycles. The Morgan fingerprint density at radius 1 is 1.45 bits per heavy atom. The molecule has 106 valence electrons. The molecule has 2 N–H and O–H groups in total. The van der Waals surface area contributed by atoms with Crippen LogP contribution < -0.4 is 5.32 Å². The molecule has 5 heteroatoms. The van der Waals surface area contributed by atoms with Gasteiger partial charge in [0.25, 0.3) is 5.91 Å². The van der Waals surface area contributed by atoms with Crippen molar-refractivity contribution in [2.45, 2.75) is 19.4 Å². The normalized spacial score (nSPS) is 13.8. The minimum Gasteiger partial charge on any atom is -0.384 e. The molecule has 0 fully saturated rings. The van der Waals surface area contributed by atoms with E-state index < -0.39 is 17.3 Å². The number of hydrogen-bond acceptors (Lipinski definition) is 3. The van der Waals surface area contributed by atoms with Crippen LogP contribution in [-0.2, 0) is 5.60 Å². The Balaban J connectivity index is 2.07. The lowest BCUT2D eigenvalue weighted by Gasteiger charge is -2.23. The predicted molar refractivity (Wildman–Crippen MR) is 77.4 cm³/mol. The van der Waals surface area contributed by atoms with Crippen molar-refractivity contribution in [2.75, 3.05) is 6.54 Å². The van der Waals surface area contributed by atoms with Gasteiger partial charge in [-0.25, -0.2) is 4.39 Å². The van der Waals surface area contributed by atoms with Crippen LogP contribution in [0.25, 0.3) is 0 Å². The summed E-state index contributed by atoms with van der Waals surface area (Å²) in [5, 5.41) is 16.7. The summed E-state index contributed by atoms with van der Waals surface area (Å²) < 4.78 is 13.2. The standard InChI is InChI=1S/C15H16FNO2S/c1-10-3-4-12(16)7-13(10)14(18)17-9-15(2,19)11-5-6-20-8-11/h3-8,19H,9H2,1-2H3,(H,17,18). The number of carbonyl (C=O) groups is 1. The third-order valence-electron chi connectivity index (χ3n) is 3.18. The average molecular weight is 293 g/mol. The Labute approximate surface area is 121 Å². The van der Waals surface area contributed by atoms with E-state index in [1.54, 1.807) is 19.9 Å². The highest BCUT2D eigenvalue weighted by molar-refractivity contribution is 7.08. The number of hydrogen-bond donors (Lipinski definition) is 2. The Morgan fingerprint density at radius 2 is 2.20 bits per heavy atom. The van der Waals surface area contributed by atoms with Crippen molar-refractivity contribution >= 4 is 17.2 Å². The highest BCUT2D eigenvalue weighted by Gasteiger charge is 2.24. The molecule has 0 bridgehead atoms. The zero-order valence-corrected chi connectivity index (χ0v) is 12.1. The molecule has 1 atom stereocenters. The molecular weight excluding hydrogens is 277 g/mol. The lowest BCUT2D eigenvalue weighted by molar-refractivity contribution is 0.0530. The van der Waals surface area contributed by atoms with Gasteiger partial charge in [0.15, 0.2) is 0 Å². The first-order chi connectivity index (χ1) is 9.40. The van der Waals surface area contributed by atoms with E-state index in [9.17, 15) is 14.3 Å². The molecule has 1 heterocycles. The van der Waals surface area contributed by atoms with Crippen molar-refractivity contribution < 1.29 is 14.3 Å². The van der Waals surface area contributed by atoms with Crippen LogP contribution in [-0.4, -0.2) is 17.6 Å². The third-order valence-corrected chi connectivity index (χ3v) is 3.86. The molecule has 20 heavy (non-hydrogen) atoms. The molecule has 1 aromatic heterocycles. The second-order valence-electron chi connectivity index (χ2n) is 4.93. The fourth-order valence-electron chi connectivity index (χ4n) is 1.86. The molecule has 1 aromatic carbocycles. The quantitative estimate of drug-likeness (QED) is 0.910. The van der Waals surface area contributed by atoms with Crippen molar-refractivity contribution in [1.82, 2.24) is 5.32 Å². The van der Waals surface area contributed by atoms with Gasteiger partial charge in [0, 0.05) is 5.56 Å². The molecule has 3 nitrogen and oxygen atoms in total. The van der Waals surface area contributed by atoms with Crippen molar-refractivity contribution in [3.63, 3.8) is 0 Å². The number of halogens is 1. The van der Waals surface area contributed by atoms with Crippen molar-refractivity contribution in [3.8, 4) is 0 Å². The minimum absolute atomic E-state index is 0.0680. The first-order valence-electron chi connectivity index (χ1n) is 6.19. The van der Waals surface area contributed by atoms with Crippen LogP contribution in [0.1, 0.15) is 28.4 Å². The average Bonchev–Trinajstić information content (AvgIpc) is 2.93. The van der Waals surface area contributed by atoms with E-state index in [-0.39, 0.29) is 12.1 Å².